The second kappa shape index (κ2) is 7.10. The zero-order valence-corrected chi connectivity index (χ0v) is 12.0. The number of rotatable bonds is 6. The van der Waals surface area contributed by atoms with Crippen molar-refractivity contribution >= 4 is 5.91 Å². The Kier molecular flexibility index (Phi) is 6.09. The van der Waals surface area contributed by atoms with E-state index in [1.54, 1.807) is 4.90 Å². The van der Waals surface area contributed by atoms with Gasteiger partial charge in [-0.05, 0) is 26.7 Å². The van der Waals surface area contributed by atoms with E-state index in [0.29, 0.717) is 6.54 Å². The van der Waals surface area contributed by atoms with E-state index in [2.05, 4.69) is 5.32 Å². The first kappa shape index (κ1) is 15.4. The first-order valence-electron chi connectivity index (χ1n) is 7.08. The molecule has 0 heterocycles. The maximum atomic E-state index is 11.8. The number of likely N-dealkylation sites (N-methyl/N-ethyl adjacent to an activating group) is 1. The predicted molar refractivity (Wildman–Crippen MR) is 73.4 cm³/mol. The summed E-state index contributed by atoms with van der Waals surface area (Å²) in [5, 5.41) is 12.8. The van der Waals surface area contributed by atoms with Crippen LogP contribution in [-0.2, 0) is 4.79 Å². The number of hydrogen-bond donors (Lipinski definition) is 2. The molecular weight excluding hydrogens is 228 g/mol. The average Bonchev–Trinajstić information content (AvgIpc) is 2.38. The van der Waals surface area contributed by atoms with E-state index >= 15 is 0 Å². The van der Waals surface area contributed by atoms with Gasteiger partial charge in [0.15, 0.2) is 0 Å². The molecule has 4 nitrogen and oxygen atoms in total. The number of carbonyl (C=O) groups is 1. The highest BCUT2D eigenvalue weighted by atomic mass is 16.3. The molecular formula is C14H28N2O2. The van der Waals surface area contributed by atoms with Crippen LogP contribution in [0.4, 0.5) is 0 Å². The molecule has 1 aliphatic rings. The standard InChI is InChI=1S/C14H28N2O2/c1-12(2)16(3)13(18)9-15-10-14(11-17)7-5-4-6-8-14/h12,15,17H,4-11H2,1-3H3. The van der Waals surface area contributed by atoms with Crippen molar-refractivity contribution in [2.45, 2.75) is 52.0 Å². The summed E-state index contributed by atoms with van der Waals surface area (Å²) in [6.45, 7) is 5.37. The summed E-state index contributed by atoms with van der Waals surface area (Å²) in [5.41, 5.74) is 0.00886. The minimum atomic E-state index is 0.00886. The van der Waals surface area contributed by atoms with Gasteiger partial charge in [-0.1, -0.05) is 19.3 Å². The van der Waals surface area contributed by atoms with Crippen LogP contribution in [0.5, 0.6) is 0 Å². The van der Waals surface area contributed by atoms with Gasteiger partial charge >= 0.3 is 0 Å². The molecule has 2 N–H and O–H groups in total. The molecule has 0 aromatic carbocycles. The number of nitrogens with zero attached hydrogens (tertiary/aromatic N) is 1. The zero-order valence-electron chi connectivity index (χ0n) is 12.0. The average molecular weight is 256 g/mol. The lowest BCUT2D eigenvalue weighted by Gasteiger charge is -2.36. The Hall–Kier alpha value is -0.610. The van der Waals surface area contributed by atoms with Gasteiger partial charge in [-0.25, -0.2) is 0 Å². The molecule has 1 amide bonds. The van der Waals surface area contributed by atoms with Crippen molar-refractivity contribution in [3.63, 3.8) is 0 Å². The monoisotopic (exact) mass is 256 g/mol. The largest absolute Gasteiger partial charge is 0.396 e. The van der Waals surface area contributed by atoms with Gasteiger partial charge in [-0.2, -0.15) is 0 Å². The Bertz CT molecular complexity index is 261. The Labute approximate surface area is 111 Å². The third kappa shape index (κ3) is 4.25. The topological polar surface area (TPSA) is 52.6 Å². The van der Waals surface area contributed by atoms with Gasteiger partial charge in [0, 0.05) is 31.7 Å². The summed E-state index contributed by atoms with van der Waals surface area (Å²) in [6, 6.07) is 0.237. The van der Waals surface area contributed by atoms with E-state index in [4.69, 9.17) is 0 Å². The first-order valence-corrected chi connectivity index (χ1v) is 7.08. The molecule has 0 aliphatic heterocycles. The molecule has 4 heteroatoms. The first-order chi connectivity index (χ1) is 8.51. The molecule has 0 saturated heterocycles. The Balaban J connectivity index is 2.33. The number of carbonyl (C=O) groups excluding carboxylic acids is 1. The van der Waals surface area contributed by atoms with Crippen molar-refractivity contribution in [2.75, 3.05) is 26.7 Å². The fraction of sp³-hybridized carbons (Fsp3) is 0.929. The van der Waals surface area contributed by atoms with E-state index in [-0.39, 0.29) is 24.0 Å². The number of hydrogen-bond acceptors (Lipinski definition) is 3. The molecule has 0 spiro atoms. The van der Waals surface area contributed by atoms with Crippen LogP contribution in [0.2, 0.25) is 0 Å². The van der Waals surface area contributed by atoms with E-state index in [0.717, 1.165) is 19.4 Å². The molecule has 0 radical (unpaired) electrons. The highest BCUT2D eigenvalue weighted by Gasteiger charge is 2.31. The van der Waals surface area contributed by atoms with E-state index in [9.17, 15) is 9.90 Å². The molecule has 18 heavy (non-hydrogen) atoms. The Morgan fingerprint density at radius 3 is 2.44 bits per heavy atom. The highest BCUT2D eigenvalue weighted by molar-refractivity contribution is 5.78. The maximum absolute atomic E-state index is 11.8. The van der Waals surface area contributed by atoms with Gasteiger partial charge in [0.25, 0.3) is 0 Å². The SMILES string of the molecule is CC(C)N(C)C(=O)CNCC1(CO)CCCCC1. The lowest BCUT2D eigenvalue weighted by molar-refractivity contribution is -0.130. The summed E-state index contributed by atoms with van der Waals surface area (Å²) in [7, 11) is 1.83. The molecule has 0 bridgehead atoms. The normalized spacial score (nSPS) is 18.9. The molecule has 0 unspecified atom stereocenters. The summed E-state index contributed by atoms with van der Waals surface area (Å²) < 4.78 is 0. The third-order valence-corrected chi connectivity index (χ3v) is 4.19. The quantitative estimate of drug-likeness (QED) is 0.755. The zero-order chi connectivity index (χ0) is 13.6. The fourth-order valence-electron chi connectivity index (χ4n) is 2.54. The number of aliphatic hydroxyl groups is 1. The maximum Gasteiger partial charge on any atom is 0.236 e. The van der Waals surface area contributed by atoms with E-state index in [1.165, 1.54) is 19.3 Å². The number of nitrogens with one attached hydrogen (secondary N) is 1. The highest BCUT2D eigenvalue weighted by Crippen LogP contribution is 2.35. The second-order valence-electron chi connectivity index (χ2n) is 5.92. The lowest BCUT2D eigenvalue weighted by Crippen LogP contribution is -2.44. The van der Waals surface area contributed by atoms with Crippen LogP contribution in [0.1, 0.15) is 46.0 Å². The van der Waals surface area contributed by atoms with Crippen molar-refractivity contribution in [2.24, 2.45) is 5.41 Å². The van der Waals surface area contributed by atoms with Crippen LogP contribution in [-0.4, -0.2) is 48.7 Å². The minimum Gasteiger partial charge on any atom is -0.396 e. The minimum absolute atomic E-state index is 0.00886. The van der Waals surface area contributed by atoms with Crippen molar-refractivity contribution in [3.05, 3.63) is 0 Å². The summed E-state index contributed by atoms with van der Waals surface area (Å²) in [4.78, 5) is 13.6. The van der Waals surface area contributed by atoms with Crippen LogP contribution in [0, 0.1) is 5.41 Å². The molecule has 0 aromatic heterocycles. The predicted octanol–water partition coefficient (Wildman–Crippen LogP) is 1.39. The van der Waals surface area contributed by atoms with Crippen LogP contribution >= 0.6 is 0 Å². The Morgan fingerprint density at radius 2 is 1.94 bits per heavy atom. The van der Waals surface area contributed by atoms with Crippen LogP contribution in [0.3, 0.4) is 0 Å². The van der Waals surface area contributed by atoms with Gasteiger partial charge in [0.2, 0.25) is 5.91 Å². The molecule has 1 aliphatic carbocycles. The van der Waals surface area contributed by atoms with Gasteiger partial charge in [-0.15, -0.1) is 0 Å². The number of aliphatic hydroxyl groups excluding tert-OH is 1. The molecule has 1 saturated carbocycles. The lowest BCUT2D eigenvalue weighted by atomic mass is 9.74. The van der Waals surface area contributed by atoms with Gasteiger partial charge in [0.1, 0.15) is 0 Å². The van der Waals surface area contributed by atoms with Gasteiger partial charge in [-0.3, -0.25) is 4.79 Å². The van der Waals surface area contributed by atoms with Gasteiger partial charge in [0.05, 0.1) is 6.54 Å². The molecule has 0 aromatic rings. The van der Waals surface area contributed by atoms with Crippen LogP contribution in [0.15, 0.2) is 0 Å². The third-order valence-electron chi connectivity index (χ3n) is 4.19. The molecule has 1 fully saturated rings. The Morgan fingerprint density at radius 1 is 1.33 bits per heavy atom. The summed E-state index contributed by atoms with van der Waals surface area (Å²) in [5.74, 6) is 0.119. The van der Waals surface area contributed by atoms with Crippen LogP contribution in [0.25, 0.3) is 0 Å². The number of amides is 1. The van der Waals surface area contributed by atoms with Crippen molar-refractivity contribution in [1.29, 1.82) is 0 Å². The van der Waals surface area contributed by atoms with E-state index < -0.39 is 0 Å². The molecule has 1 rings (SSSR count). The summed E-state index contributed by atoms with van der Waals surface area (Å²) >= 11 is 0. The summed E-state index contributed by atoms with van der Waals surface area (Å²) in [6.07, 6.45) is 5.82. The van der Waals surface area contributed by atoms with Crippen molar-refractivity contribution < 1.29 is 9.90 Å². The van der Waals surface area contributed by atoms with E-state index in [1.807, 2.05) is 20.9 Å². The second-order valence-corrected chi connectivity index (χ2v) is 5.92. The van der Waals surface area contributed by atoms with Crippen molar-refractivity contribution in [3.8, 4) is 0 Å². The molecule has 0 atom stereocenters. The molecule has 106 valence electrons. The fourth-order valence-corrected chi connectivity index (χ4v) is 2.54. The van der Waals surface area contributed by atoms with Crippen LogP contribution < -0.4 is 5.32 Å². The smallest absolute Gasteiger partial charge is 0.236 e. The van der Waals surface area contributed by atoms with Crippen molar-refractivity contribution in [1.82, 2.24) is 10.2 Å². The van der Waals surface area contributed by atoms with Gasteiger partial charge < -0.3 is 15.3 Å².